The van der Waals surface area contributed by atoms with Gasteiger partial charge in [-0.25, -0.2) is 8.78 Å². The van der Waals surface area contributed by atoms with E-state index < -0.39 is 11.2 Å². The summed E-state index contributed by atoms with van der Waals surface area (Å²) in [7, 11) is 0. The van der Waals surface area contributed by atoms with Gasteiger partial charge in [-0.15, -0.1) is 5.53 Å². The standard InChI is InChI=1S/C21H27FN4O.C21H25FN4O/c22-18-9-7-17(8-10-18)21(27)11-15-25(16-12-21)13-3-4-14-26-20-6-2-1-5-19(20)23-24-26;22-18-9-7-17(8-10-18)21(27)11-15-25(16-12-21)13-3-4-14-26-23-19-5-1-2-6-20(19)24-26/h1-2,5-10,23-24,27H,3-4,11-16H2;1-2,5-10,27H,3-4,11-16H2. The molecule has 4 heterocycles. The van der Waals surface area contributed by atoms with Gasteiger partial charge in [-0.2, -0.15) is 15.0 Å². The van der Waals surface area contributed by atoms with Gasteiger partial charge in [0.2, 0.25) is 0 Å². The number of para-hydroxylation sites is 2. The molecule has 54 heavy (non-hydrogen) atoms. The van der Waals surface area contributed by atoms with Crippen LogP contribution in [0.25, 0.3) is 11.0 Å². The van der Waals surface area contributed by atoms with E-state index >= 15 is 0 Å². The van der Waals surface area contributed by atoms with Crippen molar-refractivity contribution in [3.8, 4) is 0 Å². The summed E-state index contributed by atoms with van der Waals surface area (Å²) < 4.78 is 26.2. The lowest BCUT2D eigenvalue weighted by molar-refractivity contribution is -0.0264. The Bertz CT molecular complexity index is 1890. The van der Waals surface area contributed by atoms with Gasteiger partial charge in [0.1, 0.15) is 22.7 Å². The molecule has 0 unspecified atom stereocenters. The molecule has 8 rings (SSSR count). The van der Waals surface area contributed by atoms with Crippen molar-refractivity contribution in [3.05, 3.63) is 120 Å². The molecule has 0 spiro atoms. The molecule has 5 aromatic rings. The number of aromatic nitrogens is 3. The Hall–Kier alpha value is -4.46. The molecule has 4 aromatic carbocycles. The van der Waals surface area contributed by atoms with Crippen molar-refractivity contribution in [2.75, 3.05) is 56.2 Å². The summed E-state index contributed by atoms with van der Waals surface area (Å²) >= 11 is 0. The largest absolute Gasteiger partial charge is 0.385 e. The molecule has 0 saturated carbocycles. The molecule has 0 atom stereocenters. The van der Waals surface area contributed by atoms with Crippen molar-refractivity contribution in [2.45, 2.75) is 69.1 Å². The Kier molecular flexibility index (Phi) is 12.2. The number of aryl methyl sites for hydroxylation is 1. The van der Waals surface area contributed by atoms with Gasteiger partial charge < -0.3 is 25.4 Å². The van der Waals surface area contributed by atoms with Crippen LogP contribution in [0.4, 0.5) is 20.2 Å². The van der Waals surface area contributed by atoms with Crippen LogP contribution in [0.15, 0.2) is 97.1 Å². The number of rotatable bonds is 12. The van der Waals surface area contributed by atoms with Gasteiger partial charge in [-0.3, -0.25) is 5.01 Å². The van der Waals surface area contributed by atoms with Gasteiger partial charge in [0.05, 0.1) is 29.1 Å². The topological polar surface area (TPSA) is 105 Å². The number of unbranched alkanes of at least 4 members (excludes halogenated alkanes) is 2. The van der Waals surface area contributed by atoms with Crippen molar-refractivity contribution in [1.82, 2.24) is 30.3 Å². The van der Waals surface area contributed by atoms with Crippen LogP contribution >= 0.6 is 0 Å². The molecule has 12 heteroatoms. The fraction of sp³-hybridized carbons (Fsp3) is 0.429. The zero-order valence-electron chi connectivity index (χ0n) is 30.9. The Morgan fingerprint density at radius 3 is 1.52 bits per heavy atom. The Labute approximate surface area is 316 Å². The van der Waals surface area contributed by atoms with Crippen LogP contribution in [0.3, 0.4) is 0 Å². The summed E-state index contributed by atoms with van der Waals surface area (Å²) in [6.07, 6.45) is 7.09. The van der Waals surface area contributed by atoms with Crippen LogP contribution < -0.4 is 16.0 Å². The Morgan fingerprint density at radius 2 is 1.00 bits per heavy atom. The Balaban J connectivity index is 0.000000167. The van der Waals surface area contributed by atoms with Gasteiger partial charge in [0.15, 0.2) is 0 Å². The third-order valence-electron chi connectivity index (χ3n) is 11.2. The fourth-order valence-electron chi connectivity index (χ4n) is 7.77. The monoisotopic (exact) mass is 738 g/mol. The van der Waals surface area contributed by atoms with Gasteiger partial charge in [0.25, 0.3) is 0 Å². The number of fused-ring (bicyclic) bond motifs is 2. The van der Waals surface area contributed by atoms with E-state index in [2.05, 4.69) is 54.2 Å². The number of hydrogen-bond donors (Lipinski definition) is 4. The molecule has 0 aliphatic carbocycles. The predicted octanol–water partition coefficient (Wildman–Crippen LogP) is 6.58. The van der Waals surface area contributed by atoms with E-state index in [1.165, 1.54) is 30.0 Å². The summed E-state index contributed by atoms with van der Waals surface area (Å²) in [6.45, 7) is 7.30. The molecule has 3 aliphatic heterocycles. The number of likely N-dealkylation sites (tertiary alicyclic amines) is 2. The van der Waals surface area contributed by atoms with E-state index in [4.69, 9.17) is 0 Å². The van der Waals surface area contributed by atoms with Crippen LogP contribution in [-0.4, -0.2) is 80.8 Å². The molecule has 286 valence electrons. The highest BCUT2D eigenvalue weighted by atomic mass is 19.1. The summed E-state index contributed by atoms with van der Waals surface area (Å²) in [5, 5.41) is 32.9. The second-order valence-corrected chi connectivity index (χ2v) is 14.9. The first-order valence-electron chi connectivity index (χ1n) is 19.4. The number of aliphatic hydroxyl groups is 2. The van der Waals surface area contributed by atoms with Crippen LogP contribution in [0, 0.1) is 11.6 Å². The normalized spacial score (nSPS) is 18.2. The fourth-order valence-corrected chi connectivity index (χ4v) is 7.77. The average Bonchev–Trinajstić information content (AvgIpc) is 3.81. The minimum Gasteiger partial charge on any atom is -0.385 e. The Morgan fingerprint density at radius 1 is 0.556 bits per heavy atom. The maximum absolute atomic E-state index is 13.1. The summed E-state index contributed by atoms with van der Waals surface area (Å²) in [4.78, 5) is 6.60. The molecular weight excluding hydrogens is 687 g/mol. The number of nitrogens with one attached hydrogen (secondary N) is 2. The zero-order valence-corrected chi connectivity index (χ0v) is 30.9. The van der Waals surface area contributed by atoms with Crippen LogP contribution in [0.1, 0.15) is 62.5 Å². The van der Waals surface area contributed by atoms with Crippen LogP contribution in [0.2, 0.25) is 0 Å². The van der Waals surface area contributed by atoms with E-state index in [9.17, 15) is 19.0 Å². The first-order valence-corrected chi connectivity index (χ1v) is 19.4. The third kappa shape index (κ3) is 9.42. The van der Waals surface area contributed by atoms with Gasteiger partial charge >= 0.3 is 0 Å². The molecule has 3 aliphatic rings. The highest BCUT2D eigenvalue weighted by molar-refractivity contribution is 5.73. The van der Waals surface area contributed by atoms with E-state index in [1.54, 1.807) is 29.1 Å². The van der Waals surface area contributed by atoms with Crippen molar-refractivity contribution in [2.24, 2.45) is 0 Å². The number of piperidine rings is 2. The second-order valence-electron chi connectivity index (χ2n) is 14.9. The predicted molar refractivity (Wildman–Crippen MR) is 208 cm³/mol. The lowest BCUT2D eigenvalue weighted by Gasteiger charge is -2.38. The number of benzene rings is 4. The number of nitrogens with zero attached hydrogens (tertiary/aromatic N) is 6. The molecule has 4 N–H and O–H groups in total. The minimum atomic E-state index is -0.830. The molecule has 2 fully saturated rings. The SMILES string of the molecule is OC1(c2ccc(F)cc2)CCN(CCCCN2NNc3ccccc32)CC1.OC1(c2ccc(F)cc2)CCN(CCCCn2nc3ccccc3n2)CC1. The quantitative estimate of drug-likeness (QED) is 0.106. The van der Waals surface area contributed by atoms with Crippen molar-refractivity contribution in [3.63, 3.8) is 0 Å². The molecule has 2 saturated heterocycles. The van der Waals surface area contributed by atoms with Gasteiger partial charge in [-0.1, -0.05) is 48.5 Å². The maximum Gasteiger partial charge on any atom is 0.123 e. The smallest absolute Gasteiger partial charge is 0.123 e. The van der Waals surface area contributed by atoms with Crippen LogP contribution in [0.5, 0.6) is 0 Å². The number of hydrazine groups is 2. The number of hydrogen-bond acceptors (Lipinski definition) is 9. The molecule has 1 aromatic heterocycles. The van der Waals surface area contributed by atoms with Crippen molar-refractivity contribution >= 4 is 22.4 Å². The summed E-state index contributed by atoms with van der Waals surface area (Å²) in [5.74, 6) is -0.524. The average molecular weight is 739 g/mol. The minimum absolute atomic E-state index is 0.259. The van der Waals surface area contributed by atoms with Gasteiger partial charge in [0, 0.05) is 32.7 Å². The van der Waals surface area contributed by atoms with Crippen LogP contribution in [-0.2, 0) is 17.7 Å². The number of halogens is 2. The third-order valence-corrected chi connectivity index (χ3v) is 11.2. The highest BCUT2D eigenvalue weighted by Gasteiger charge is 2.35. The lowest BCUT2D eigenvalue weighted by Crippen LogP contribution is -2.43. The van der Waals surface area contributed by atoms with E-state index in [0.29, 0.717) is 25.7 Å². The van der Waals surface area contributed by atoms with E-state index in [0.717, 1.165) is 106 Å². The molecule has 0 radical (unpaired) electrons. The zero-order chi connectivity index (χ0) is 37.4. The van der Waals surface area contributed by atoms with Crippen molar-refractivity contribution < 1.29 is 19.0 Å². The summed E-state index contributed by atoms with van der Waals surface area (Å²) in [5.41, 5.74) is 10.6. The number of anilines is 2. The van der Waals surface area contributed by atoms with E-state index in [1.807, 2.05) is 30.3 Å². The first kappa shape index (κ1) is 37.8. The first-order chi connectivity index (χ1) is 26.3. The molecular formula is C42H52F2N8O2. The second kappa shape index (κ2) is 17.3. The lowest BCUT2D eigenvalue weighted by atomic mass is 9.84. The van der Waals surface area contributed by atoms with E-state index in [-0.39, 0.29) is 11.6 Å². The molecule has 0 bridgehead atoms. The van der Waals surface area contributed by atoms with Crippen molar-refractivity contribution in [1.29, 1.82) is 0 Å². The highest BCUT2D eigenvalue weighted by Crippen LogP contribution is 2.34. The molecule has 0 amide bonds. The molecule has 10 nitrogen and oxygen atoms in total. The summed E-state index contributed by atoms with van der Waals surface area (Å²) in [6, 6.07) is 28.7. The van der Waals surface area contributed by atoms with Gasteiger partial charge in [-0.05, 0) is 124 Å². The maximum atomic E-state index is 13.1.